The van der Waals surface area contributed by atoms with Crippen LogP contribution in [0.2, 0.25) is 0 Å². The summed E-state index contributed by atoms with van der Waals surface area (Å²) < 4.78 is 0. The Morgan fingerprint density at radius 2 is 2.04 bits per heavy atom. The van der Waals surface area contributed by atoms with Crippen LogP contribution in [0.3, 0.4) is 0 Å². The number of hydrogen-bond acceptors (Lipinski definition) is 6. The summed E-state index contributed by atoms with van der Waals surface area (Å²) in [6.45, 7) is 5.69. The SMILES string of the molecule is CC(C)N1CC=C2C(C#N)=C(N)C(C#N)(C#N)[C@H](c3ccsc3)[C@H]2C1. The van der Waals surface area contributed by atoms with Crippen molar-refractivity contribution in [3.63, 3.8) is 0 Å². The maximum Gasteiger partial charge on any atom is 0.191 e. The highest BCUT2D eigenvalue weighted by atomic mass is 32.1. The van der Waals surface area contributed by atoms with Gasteiger partial charge in [-0.05, 0) is 41.8 Å². The highest BCUT2D eigenvalue weighted by Gasteiger charge is 2.54. The number of rotatable bonds is 2. The second-order valence-electron chi connectivity index (χ2n) is 6.78. The molecule has 0 fully saturated rings. The molecular formula is C19H19N5S. The average molecular weight is 349 g/mol. The number of nitrogens with zero attached hydrogens (tertiary/aromatic N) is 4. The van der Waals surface area contributed by atoms with Gasteiger partial charge < -0.3 is 5.73 Å². The van der Waals surface area contributed by atoms with Gasteiger partial charge in [-0.3, -0.25) is 4.90 Å². The molecular weight excluding hydrogens is 330 g/mol. The molecule has 3 rings (SSSR count). The van der Waals surface area contributed by atoms with E-state index in [1.807, 2.05) is 22.9 Å². The van der Waals surface area contributed by atoms with Gasteiger partial charge in [0.1, 0.15) is 6.07 Å². The first-order chi connectivity index (χ1) is 12.0. The molecule has 1 aromatic rings. The zero-order chi connectivity index (χ0) is 18.2. The number of nitrogens with two attached hydrogens (primary N) is 1. The quantitative estimate of drug-likeness (QED) is 0.884. The second kappa shape index (κ2) is 6.37. The normalized spacial score (nSPS) is 25.5. The molecule has 1 aliphatic heterocycles. The van der Waals surface area contributed by atoms with Crippen LogP contribution in [0.5, 0.6) is 0 Å². The molecule has 0 aromatic carbocycles. The third kappa shape index (κ3) is 2.45. The molecule has 0 unspecified atom stereocenters. The first-order valence-corrected chi connectivity index (χ1v) is 9.13. The Balaban J connectivity index is 2.28. The topological polar surface area (TPSA) is 101 Å². The molecule has 1 aliphatic carbocycles. The highest BCUT2D eigenvalue weighted by molar-refractivity contribution is 7.08. The van der Waals surface area contributed by atoms with Crippen LogP contribution < -0.4 is 5.73 Å². The van der Waals surface area contributed by atoms with E-state index in [4.69, 9.17) is 5.73 Å². The molecule has 0 bridgehead atoms. The number of hydrogen-bond donors (Lipinski definition) is 1. The van der Waals surface area contributed by atoms with Crippen molar-refractivity contribution in [1.82, 2.24) is 4.90 Å². The first kappa shape index (κ1) is 17.2. The van der Waals surface area contributed by atoms with Gasteiger partial charge in [-0.1, -0.05) is 6.08 Å². The molecule has 126 valence electrons. The van der Waals surface area contributed by atoms with Crippen molar-refractivity contribution in [3.8, 4) is 18.2 Å². The molecule has 25 heavy (non-hydrogen) atoms. The van der Waals surface area contributed by atoms with E-state index >= 15 is 0 Å². The number of allylic oxidation sites excluding steroid dienone is 2. The fourth-order valence-corrected chi connectivity index (χ4v) is 4.65. The molecule has 0 saturated heterocycles. The van der Waals surface area contributed by atoms with E-state index in [1.165, 1.54) is 11.3 Å². The van der Waals surface area contributed by atoms with Crippen LogP contribution in [0.4, 0.5) is 0 Å². The zero-order valence-electron chi connectivity index (χ0n) is 14.2. The van der Waals surface area contributed by atoms with E-state index in [9.17, 15) is 15.8 Å². The van der Waals surface area contributed by atoms with Gasteiger partial charge in [0.05, 0.1) is 23.4 Å². The molecule has 1 aromatic heterocycles. The Kier molecular flexibility index (Phi) is 4.39. The van der Waals surface area contributed by atoms with Gasteiger partial charge in [-0.15, -0.1) is 0 Å². The van der Waals surface area contributed by atoms with Crippen molar-refractivity contribution < 1.29 is 0 Å². The lowest BCUT2D eigenvalue weighted by atomic mass is 9.58. The Labute approximate surface area is 151 Å². The minimum Gasteiger partial charge on any atom is -0.399 e. The summed E-state index contributed by atoms with van der Waals surface area (Å²) >= 11 is 1.54. The second-order valence-corrected chi connectivity index (χ2v) is 7.56. The summed E-state index contributed by atoms with van der Waals surface area (Å²) in [6, 6.07) is 8.77. The largest absolute Gasteiger partial charge is 0.399 e. The molecule has 2 heterocycles. The van der Waals surface area contributed by atoms with Gasteiger partial charge in [0, 0.05) is 31.0 Å². The summed E-state index contributed by atoms with van der Waals surface area (Å²) in [5.74, 6) is -0.481. The summed E-state index contributed by atoms with van der Waals surface area (Å²) in [6.07, 6.45) is 2.04. The monoisotopic (exact) mass is 349 g/mol. The van der Waals surface area contributed by atoms with Crippen LogP contribution in [0.15, 0.2) is 39.7 Å². The van der Waals surface area contributed by atoms with Crippen LogP contribution in [-0.4, -0.2) is 24.0 Å². The van der Waals surface area contributed by atoms with Gasteiger partial charge in [0.25, 0.3) is 0 Å². The third-order valence-electron chi connectivity index (χ3n) is 5.33. The fourth-order valence-electron chi connectivity index (χ4n) is 3.95. The molecule has 6 heteroatoms. The van der Waals surface area contributed by atoms with Gasteiger partial charge in [-0.2, -0.15) is 27.1 Å². The molecule has 2 N–H and O–H groups in total. The van der Waals surface area contributed by atoms with Crippen molar-refractivity contribution in [2.24, 2.45) is 17.1 Å². The Morgan fingerprint density at radius 3 is 2.56 bits per heavy atom. The standard InChI is InChI=1S/C19H19N5S/c1-12(2)24-5-3-14-15(7-20)18(23)19(10-21,11-22)17(16(14)8-24)13-4-6-25-9-13/h3-4,6,9,12,16-17H,5,8,23H2,1-2H3/t16-,17+/m0/s1. The maximum absolute atomic E-state index is 9.93. The summed E-state index contributed by atoms with van der Waals surface area (Å²) in [5.41, 5.74) is 6.95. The summed E-state index contributed by atoms with van der Waals surface area (Å²) in [5, 5.41) is 33.4. The van der Waals surface area contributed by atoms with Crippen molar-refractivity contribution in [2.75, 3.05) is 13.1 Å². The lowest BCUT2D eigenvalue weighted by molar-refractivity contribution is 0.174. The van der Waals surface area contributed by atoms with Crippen LogP contribution in [0, 0.1) is 45.3 Å². The van der Waals surface area contributed by atoms with Crippen LogP contribution >= 0.6 is 11.3 Å². The maximum atomic E-state index is 9.93. The van der Waals surface area contributed by atoms with E-state index in [0.29, 0.717) is 18.2 Å². The lowest BCUT2D eigenvalue weighted by Crippen LogP contribution is -2.49. The third-order valence-corrected chi connectivity index (χ3v) is 6.03. The predicted molar refractivity (Wildman–Crippen MR) is 95.8 cm³/mol. The number of thiophene rings is 1. The van der Waals surface area contributed by atoms with E-state index in [-0.39, 0.29) is 17.5 Å². The lowest BCUT2D eigenvalue weighted by Gasteiger charge is -2.46. The first-order valence-electron chi connectivity index (χ1n) is 8.19. The summed E-state index contributed by atoms with van der Waals surface area (Å²) in [4.78, 5) is 2.30. The smallest absolute Gasteiger partial charge is 0.191 e. The van der Waals surface area contributed by atoms with Crippen molar-refractivity contribution in [1.29, 1.82) is 15.8 Å². The van der Waals surface area contributed by atoms with Crippen LogP contribution in [0.25, 0.3) is 0 Å². The Bertz CT molecular complexity index is 843. The van der Waals surface area contributed by atoms with E-state index in [0.717, 1.165) is 17.7 Å². The zero-order valence-corrected chi connectivity index (χ0v) is 15.0. The molecule has 5 nitrogen and oxygen atoms in total. The molecule has 2 aliphatic rings. The minimum atomic E-state index is -1.52. The van der Waals surface area contributed by atoms with Crippen molar-refractivity contribution >= 4 is 11.3 Å². The van der Waals surface area contributed by atoms with Gasteiger partial charge in [0.15, 0.2) is 5.41 Å². The molecule has 0 radical (unpaired) electrons. The van der Waals surface area contributed by atoms with Gasteiger partial charge in [0.2, 0.25) is 0 Å². The molecule has 0 amide bonds. The van der Waals surface area contributed by atoms with Crippen LogP contribution in [0.1, 0.15) is 25.3 Å². The molecule has 0 spiro atoms. The minimum absolute atomic E-state index is 0.0942. The molecule has 2 atom stereocenters. The number of fused-ring (bicyclic) bond motifs is 1. The molecule has 0 saturated carbocycles. The van der Waals surface area contributed by atoms with E-state index in [1.54, 1.807) is 0 Å². The fraction of sp³-hybridized carbons (Fsp3) is 0.421. The Hall–Kier alpha value is -2.59. The Morgan fingerprint density at radius 1 is 1.32 bits per heavy atom. The number of nitriles is 3. The summed E-state index contributed by atoms with van der Waals surface area (Å²) in [7, 11) is 0. The van der Waals surface area contributed by atoms with Crippen molar-refractivity contribution in [2.45, 2.75) is 25.8 Å². The van der Waals surface area contributed by atoms with Crippen molar-refractivity contribution in [3.05, 3.63) is 45.3 Å². The van der Waals surface area contributed by atoms with Crippen LogP contribution in [-0.2, 0) is 0 Å². The van der Waals surface area contributed by atoms with Gasteiger partial charge in [-0.25, -0.2) is 0 Å². The average Bonchev–Trinajstić information content (AvgIpc) is 3.14. The van der Waals surface area contributed by atoms with E-state index in [2.05, 4.69) is 37.0 Å². The van der Waals surface area contributed by atoms with E-state index < -0.39 is 5.41 Å². The predicted octanol–water partition coefficient (Wildman–Crippen LogP) is 2.88. The highest BCUT2D eigenvalue weighted by Crippen LogP contribution is 2.54. The van der Waals surface area contributed by atoms with Gasteiger partial charge >= 0.3 is 0 Å².